The summed E-state index contributed by atoms with van der Waals surface area (Å²) in [4.78, 5) is 26.8. The molecule has 1 aliphatic heterocycles. The normalized spacial score (nSPS) is 51.8. The summed E-state index contributed by atoms with van der Waals surface area (Å²) in [7, 11) is 0. The summed E-state index contributed by atoms with van der Waals surface area (Å²) in [5.41, 5.74) is 4.02. The van der Waals surface area contributed by atoms with E-state index in [-0.39, 0.29) is 69.3 Å². The van der Waals surface area contributed by atoms with E-state index in [4.69, 9.17) is 15.2 Å². The highest BCUT2D eigenvalue weighted by Gasteiger charge is 2.85. The quantitative estimate of drug-likeness (QED) is 0.379. The molecule has 2 spiro atoms. The molecule has 6 aliphatic rings. The minimum absolute atomic E-state index is 0.0101. The summed E-state index contributed by atoms with van der Waals surface area (Å²) in [6, 6.07) is -0.692. The van der Waals surface area contributed by atoms with Gasteiger partial charge >= 0.3 is 5.97 Å². The molecular formula is C35H57NO6. The number of rotatable bonds is 5. The minimum Gasteiger partial charge on any atom is -0.461 e. The van der Waals surface area contributed by atoms with Gasteiger partial charge in [0, 0.05) is 23.7 Å². The van der Waals surface area contributed by atoms with Crippen molar-refractivity contribution in [2.45, 2.75) is 156 Å². The third-order valence-corrected chi connectivity index (χ3v) is 14.8. The SMILES string of the molecule is CC(C)[C@H](N)C(=O)O[C@H]1CC2C3(CC[C@]4(C)[C@@H]([C@@]5(C)CC[C@@H](C(C)(C)O)O5)[C@@H](O)C[C@@]24C)C[C@@]32CCC(=O)C(C)(C)[C@H]12. The number of carbonyl (C=O) groups is 2. The number of hydrogen-bond donors (Lipinski definition) is 3. The fourth-order valence-electron chi connectivity index (χ4n) is 12.5. The summed E-state index contributed by atoms with van der Waals surface area (Å²) in [6.07, 6.45) is 6.52. The monoisotopic (exact) mass is 587 g/mol. The van der Waals surface area contributed by atoms with Crippen LogP contribution in [-0.4, -0.2) is 57.5 Å². The Morgan fingerprint density at radius 1 is 1.02 bits per heavy atom. The fourth-order valence-corrected chi connectivity index (χ4v) is 12.5. The van der Waals surface area contributed by atoms with Crippen LogP contribution in [0, 0.1) is 50.7 Å². The van der Waals surface area contributed by atoms with E-state index in [0.717, 1.165) is 44.9 Å². The molecular weight excluding hydrogens is 530 g/mol. The van der Waals surface area contributed by atoms with Crippen LogP contribution in [0.4, 0.5) is 0 Å². The standard InChI is InChI=1S/C35H57NO6/c1-19(2)25(36)28(39)41-21-16-22-32(8)17-20(37)26(33(9)12-11-24(42-33)30(5,6)40)31(32,7)14-15-34(22)18-35(34)13-10-23(38)29(3,4)27(21)35/h19-22,24-27,37,40H,10-18,36H2,1-9H3/t20-,21-,22?,24-,25-,26-,27-,31+,32-,33+,34?,35+/m0/s1. The lowest BCUT2D eigenvalue weighted by Gasteiger charge is -2.64. The lowest BCUT2D eigenvalue weighted by molar-refractivity contribution is -0.210. The highest BCUT2D eigenvalue weighted by atomic mass is 16.5. The summed E-state index contributed by atoms with van der Waals surface area (Å²) < 4.78 is 13.1. The molecule has 0 aromatic carbocycles. The van der Waals surface area contributed by atoms with Crippen molar-refractivity contribution < 1.29 is 29.3 Å². The number of fused-ring (bicyclic) bond motifs is 2. The molecule has 42 heavy (non-hydrogen) atoms. The van der Waals surface area contributed by atoms with Gasteiger partial charge in [0.15, 0.2) is 0 Å². The molecule has 5 saturated carbocycles. The zero-order valence-corrected chi connectivity index (χ0v) is 27.6. The maximum Gasteiger partial charge on any atom is 0.323 e. The second kappa shape index (κ2) is 9.04. The Labute approximate surface area is 253 Å². The smallest absolute Gasteiger partial charge is 0.323 e. The van der Waals surface area contributed by atoms with Crippen LogP contribution in [0.25, 0.3) is 0 Å². The molecule has 2 unspecified atom stereocenters. The molecule has 7 heteroatoms. The molecule has 7 nitrogen and oxygen atoms in total. The average Bonchev–Trinajstić information content (AvgIpc) is 3.24. The van der Waals surface area contributed by atoms with Gasteiger partial charge in [0.05, 0.1) is 23.4 Å². The third kappa shape index (κ3) is 3.78. The predicted octanol–water partition coefficient (Wildman–Crippen LogP) is 5.18. The summed E-state index contributed by atoms with van der Waals surface area (Å²) >= 11 is 0. The van der Waals surface area contributed by atoms with Gasteiger partial charge in [-0.3, -0.25) is 9.59 Å². The van der Waals surface area contributed by atoms with Crippen molar-refractivity contribution in [2.24, 2.45) is 56.5 Å². The number of aliphatic hydroxyl groups excluding tert-OH is 1. The Morgan fingerprint density at radius 2 is 1.69 bits per heavy atom. The first kappa shape index (κ1) is 31.0. The van der Waals surface area contributed by atoms with Gasteiger partial charge in [0.25, 0.3) is 0 Å². The lowest BCUT2D eigenvalue weighted by atomic mass is 9.41. The Morgan fingerprint density at radius 3 is 2.29 bits per heavy atom. The number of nitrogens with two attached hydrogens (primary N) is 1. The number of ketones is 1. The second-order valence-electron chi connectivity index (χ2n) is 17.8. The van der Waals surface area contributed by atoms with Gasteiger partial charge < -0.3 is 25.4 Å². The largest absolute Gasteiger partial charge is 0.461 e. The number of esters is 1. The number of Topliss-reactive ketones (excluding diaryl/α,β-unsaturated/α-hetero) is 1. The maximum atomic E-state index is 13.4. The lowest BCUT2D eigenvalue weighted by Crippen LogP contribution is -2.62. The van der Waals surface area contributed by atoms with Crippen molar-refractivity contribution in [1.82, 2.24) is 0 Å². The summed E-state index contributed by atoms with van der Waals surface area (Å²) in [5.74, 6) is 0.105. The van der Waals surface area contributed by atoms with Gasteiger partial charge in [-0.25, -0.2) is 0 Å². The van der Waals surface area contributed by atoms with Gasteiger partial charge in [0.2, 0.25) is 0 Å². The zero-order chi connectivity index (χ0) is 31.1. The Kier molecular flexibility index (Phi) is 6.67. The van der Waals surface area contributed by atoms with E-state index >= 15 is 0 Å². The van der Waals surface area contributed by atoms with Crippen LogP contribution >= 0.6 is 0 Å². The first-order valence-electron chi connectivity index (χ1n) is 16.8. The topological polar surface area (TPSA) is 119 Å². The van der Waals surface area contributed by atoms with Crippen LogP contribution in [0.5, 0.6) is 0 Å². The van der Waals surface area contributed by atoms with Crippen LogP contribution in [0.1, 0.15) is 120 Å². The van der Waals surface area contributed by atoms with Crippen molar-refractivity contribution in [1.29, 1.82) is 0 Å². The van der Waals surface area contributed by atoms with Gasteiger partial charge in [0.1, 0.15) is 17.9 Å². The van der Waals surface area contributed by atoms with E-state index in [1.54, 1.807) is 0 Å². The van der Waals surface area contributed by atoms with Crippen LogP contribution < -0.4 is 5.73 Å². The number of aliphatic hydroxyl groups is 2. The van der Waals surface area contributed by atoms with Gasteiger partial charge in [-0.15, -0.1) is 0 Å². The number of carbonyl (C=O) groups excluding carboxylic acids is 2. The predicted molar refractivity (Wildman–Crippen MR) is 160 cm³/mol. The Hall–Kier alpha value is -1.02. The van der Waals surface area contributed by atoms with Crippen molar-refractivity contribution in [3.8, 4) is 0 Å². The van der Waals surface area contributed by atoms with E-state index < -0.39 is 28.8 Å². The molecule has 1 heterocycles. The van der Waals surface area contributed by atoms with Gasteiger partial charge in [-0.05, 0) is 106 Å². The van der Waals surface area contributed by atoms with Crippen molar-refractivity contribution in [3.05, 3.63) is 0 Å². The molecule has 0 bridgehead atoms. The van der Waals surface area contributed by atoms with Crippen LogP contribution in [0.3, 0.4) is 0 Å². The highest BCUT2D eigenvalue weighted by Crippen LogP contribution is 2.89. The van der Waals surface area contributed by atoms with E-state index in [1.165, 1.54) is 0 Å². The average molecular weight is 588 g/mol. The molecule has 0 amide bonds. The molecule has 6 fully saturated rings. The minimum atomic E-state index is -0.930. The van der Waals surface area contributed by atoms with Crippen molar-refractivity contribution in [3.63, 3.8) is 0 Å². The summed E-state index contributed by atoms with van der Waals surface area (Å²) in [5, 5.41) is 22.7. The first-order valence-corrected chi connectivity index (χ1v) is 16.8. The third-order valence-electron chi connectivity index (χ3n) is 14.8. The van der Waals surface area contributed by atoms with Crippen LogP contribution in [-0.2, 0) is 19.1 Å². The van der Waals surface area contributed by atoms with Crippen LogP contribution in [0.15, 0.2) is 0 Å². The van der Waals surface area contributed by atoms with E-state index in [0.29, 0.717) is 12.8 Å². The Balaban J connectivity index is 1.39. The highest BCUT2D eigenvalue weighted by molar-refractivity contribution is 5.86. The molecule has 4 N–H and O–H groups in total. The molecule has 1 saturated heterocycles. The van der Waals surface area contributed by atoms with Crippen molar-refractivity contribution in [2.75, 3.05) is 0 Å². The number of ether oxygens (including phenoxy) is 2. The van der Waals surface area contributed by atoms with E-state index in [2.05, 4.69) is 34.6 Å². The second-order valence-corrected chi connectivity index (χ2v) is 17.8. The van der Waals surface area contributed by atoms with Crippen LogP contribution in [0.2, 0.25) is 0 Å². The number of hydrogen-bond acceptors (Lipinski definition) is 7. The summed E-state index contributed by atoms with van der Waals surface area (Å²) in [6.45, 7) is 18.6. The van der Waals surface area contributed by atoms with E-state index in [9.17, 15) is 19.8 Å². The van der Waals surface area contributed by atoms with Crippen molar-refractivity contribution >= 4 is 11.8 Å². The molecule has 0 radical (unpaired) electrons. The molecule has 238 valence electrons. The van der Waals surface area contributed by atoms with Gasteiger partial charge in [-0.2, -0.15) is 0 Å². The Bertz CT molecular complexity index is 1160. The molecule has 0 aromatic rings. The van der Waals surface area contributed by atoms with E-state index in [1.807, 2.05) is 27.7 Å². The maximum absolute atomic E-state index is 13.4. The fraction of sp³-hybridized carbons (Fsp3) is 0.943. The molecule has 5 aliphatic carbocycles. The molecule has 0 aromatic heterocycles. The molecule has 6 rings (SSSR count). The first-order chi connectivity index (χ1) is 19.2. The van der Waals surface area contributed by atoms with Gasteiger partial charge in [-0.1, -0.05) is 41.5 Å². The molecule has 12 atom stereocenters. The zero-order valence-electron chi connectivity index (χ0n) is 27.6.